The molecular formula is C22H22N4O4S. The summed E-state index contributed by atoms with van der Waals surface area (Å²) in [6.07, 6.45) is 6.74. The second-order valence-electron chi connectivity index (χ2n) is 6.93. The summed E-state index contributed by atoms with van der Waals surface area (Å²) in [4.78, 5) is 18.2. The highest BCUT2D eigenvalue weighted by Crippen LogP contribution is 2.29. The van der Waals surface area contributed by atoms with Crippen molar-refractivity contribution < 1.29 is 18.2 Å². The predicted molar refractivity (Wildman–Crippen MR) is 117 cm³/mol. The van der Waals surface area contributed by atoms with Crippen molar-refractivity contribution in [1.82, 2.24) is 15.9 Å². The summed E-state index contributed by atoms with van der Waals surface area (Å²) in [6, 6.07) is 16.0. The maximum absolute atomic E-state index is 13.1. The maximum Gasteiger partial charge on any atom is 0.264 e. The van der Waals surface area contributed by atoms with Gasteiger partial charge in [-0.15, -0.1) is 0 Å². The van der Waals surface area contributed by atoms with Gasteiger partial charge in [0.2, 0.25) is 0 Å². The molecule has 2 aliphatic rings. The van der Waals surface area contributed by atoms with Crippen LogP contribution in [0.4, 0.5) is 5.69 Å². The number of nitrogens with one attached hydrogen (secondary N) is 3. The molecule has 0 radical (unpaired) electrons. The highest BCUT2D eigenvalue weighted by atomic mass is 32.2. The zero-order valence-corrected chi connectivity index (χ0v) is 17.6. The number of hydroxylamine groups is 3. The van der Waals surface area contributed by atoms with E-state index in [0.29, 0.717) is 12.1 Å². The number of nitrogens with zero attached hydrogens (tertiary/aromatic N) is 1. The maximum atomic E-state index is 13.1. The van der Waals surface area contributed by atoms with Crippen molar-refractivity contribution >= 4 is 21.6 Å². The predicted octanol–water partition coefficient (Wildman–Crippen LogP) is 3.31. The number of fused-ring (bicyclic) bond motifs is 1. The van der Waals surface area contributed by atoms with E-state index in [1.165, 1.54) is 17.3 Å². The highest BCUT2D eigenvalue weighted by molar-refractivity contribution is 7.96. The molecule has 31 heavy (non-hydrogen) atoms. The standard InChI is InChI=1S/C22H22N4O4S/c1-2-18(16-9-4-3-5-10-16)24-22(27)17-11-6-7-12-19(17)25-31(28,29)21-13-8-14-26-20(21)15-23-30-26/h3-15,18,23,25H,2H2,1H3,(H,24,27). The minimum Gasteiger partial charge on any atom is -0.345 e. The van der Waals surface area contributed by atoms with Crippen LogP contribution in [0.25, 0.3) is 0 Å². The van der Waals surface area contributed by atoms with E-state index in [0.717, 1.165) is 5.56 Å². The van der Waals surface area contributed by atoms with Crippen molar-refractivity contribution in [3.8, 4) is 0 Å². The van der Waals surface area contributed by atoms with Crippen LogP contribution in [0.1, 0.15) is 35.3 Å². The highest BCUT2D eigenvalue weighted by Gasteiger charge is 2.31. The van der Waals surface area contributed by atoms with Gasteiger partial charge in [-0.2, -0.15) is 4.94 Å². The van der Waals surface area contributed by atoms with E-state index in [9.17, 15) is 13.2 Å². The lowest BCUT2D eigenvalue weighted by molar-refractivity contribution is -0.112. The number of sulfonamides is 1. The summed E-state index contributed by atoms with van der Waals surface area (Å²) in [7, 11) is -3.98. The second kappa shape index (κ2) is 8.66. The molecule has 1 atom stereocenters. The van der Waals surface area contributed by atoms with E-state index in [1.54, 1.807) is 36.5 Å². The monoisotopic (exact) mass is 438 g/mol. The van der Waals surface area contributed by atoms with E-state index < -0.39 is 10.0 Å². The number of hydrogen-bond donors (Lipinski definition) is 3. The van der Waals surface area contributed by atoms with Crippen LogP contribution in [0, 0.1) is 0 Å². The Morgan fingerprint density at radius 2 is 1.87 bits per heavy atom. The Hall–Kier alpha value is -3.56. The molecule has 4 rings (SSSR count). The molecule has 0 spiro atoms. The number of carbonyl (C=O) groups excluding carboxylic acids is 1. The van der Waals surface area contributed by atoms with Crippen LogP contribution in [0.15, 0.2) is 89.8 Å². The van der Waals surface area contributed by atoms with E-state index >= 15 is 0 Å². The molecule has 2 aromatic carbocycles. The quantitative estimate of drug-likeness (QED) is 0.613. The number of benzene rings is 2. The summed E-state index contributed by atoms with van der Waals surface area (Å²) in [6.45, 7) is 1.98. The lowest BCUT2D eigenvalue weighted by Crippen LogP contribution is -2.30. The Bertz CT molecular complexity index is 1170. The molecule has 0 saturated heterocycles. The summed E-state index contributed by atoms with van der Waals surface area (Å²) < 4.78 is 28.7. The lowest BCUT2D eigenvalue weighted by Gasteiger charge is -2.21. The van der Waals surface area contributed by atoms with Crippen molar-refractivity contribution in [2.75, 3.05) is 4.72 Å². The Labute approximate surface area is 180 Å². The Morgan fingerprint density at radius 3 is 2.65 bits per heavy atom. The van der Waals surface area contributed by atoms with Gasteiger partial charge >= 0.3 is 0 Å². The SMILES string of the molecule is CCC(NC(=O)c1ccccc1NS(=O)(=O)C1=CC=CN2ONC=C12)c1ccccc1. The van der Waals surface area contributed by atoms with Gasteiger partial charge in [-0.3, -0.25) is 9.52 Å². The molecule has 0 fully saturated rings. The molecule has 0 aliphatic carbocycles. The largest absolute Gasteiger partial charge is 0.345 e. The van der Waals surface area contributed by atoms with Crippen molar-refractivity contribution in [2.45, 2.75) is 19.4 Å². The van der Waals surface area contributed by atoms with Gasteiger partial charge in [-0.25, -0.2) is 19.0 Å². The van der Waals surface area contributed by atoms with Gasteiger partial charge in [-0.05, 0) is 36.3 Å². The summed E-state index contributed by atoms with van der Waals surface area (Å²) in [5, 5.41) is 4.30. The number of allylic oxidation sites excluding steroid dienone is 2. The molecule has 1 unspecified atom stereocenters. The average Bonchev–Trinajstić information content (AvgIpc) is 3.27. The van der Waals surface area contributed by atoms with Crippen LogP contribution >= 0.6 is 0 Å². The van der Waals surface area contributed by atoms with Crippen LogP contribution in [0.5, 0.6) is 0 Å². The van der Waals surface area contributed by atoms with Gasteiger partial charge in [-0.1, -0.05) is 49.4 Å². The summed E-state index contributed by atoms with van der Waals surface area (Å²) in [5.41, 5.74) is 4.27. The Kier molecular flexibility index (Phi) is 5.79. The summed E-state index contributed by atoms with van der Waals surface area (Å²) >= 11 is 0. The smallest absolute Gasteiger partial charge is 0.264 e. The molecule has 9 heteroatoms. The van der Waals surface area contributed by atoms with Gasteiger partial charge in [0.05, 0.1) is 23.5 Å². The molecule has 1 amide bonds. The van der Waals surface area contributed by atoms with E-state index in [-0.39, 0.29) is 28.1 Å². The van der Waals surface area contributed by atoms with Crippen molar-refractivity contribution in [3.63, 3.8) is 0 Å². The minimum absolute atomic E-state index is 0.0194. The number of hydrogen-bond acceptors (Lipinski definition) is 6. The van der Waals surface area contributed by atoms with Crippen LogP contribution in [-0.4, -0.2) is 19.4 Å². The van der Waals surface area contributed by atoms with E-state index in [1.807, 2.05) is 37.3 Å². The zero-order chi connectivity index (χ0) is 21.8. The third-order valence-electron chi connectivity index (χ3n) is 4.93. The fraction of sp³-hybridized carbons (Fsp3) is 0.136. The molecule has 2 aromatic rings. The fourth-order valence-corrected chi connectivity index (χ4v) is 4.64. The van der Waals surface area contributed by atoms with Gasteiger partial charge < -0.3 is 5.32 Å². The molecule has 3 N–H and O–H groups in total. The Morgan fingerprint density at radius 1 is 1.13 bits per heavy atom. The average molecular weight is 439 g/mol. The Balaban J connectivity index is 1.58. The first-order valence-corrected chi connectivity index (χ1v) is 11.3. The van der Waals surface area contributed by atoms with Gasteiger partial charge in [0, 0.05) is 6.20 Å². The van der Waals surface area contributed by atoms with Gasteiger partial charge in [0.1, 0.15) is 10.6 Å². The number of carbonyl (C=O) groups is 1. The molecule has 0 saturated carbocycles. The molecular weight excluding hydrogens is 416 g/mol. The van der Waals surface area contributed by atoms with Crippen LogP contribution in [-0.2, 0) is 15.0 Å². The van der Waals surface area contributed by atoms with Gasteiger partial charge in [0.15, 0.2) is 0 Å². The fourth-order valence-electron chi connectivity index (χ4n) is 3.38. The number of rotatable bonds is 7. The van der Waals surface area contributed by atoms with Crippen LogP contribution in [0.2, 0.25) is 0 Å². The van der Waals surface area contributed by atoms with Gasteiger partial charge in [0.25, 0.3) is 15.9 Å². The van der Waals surface area contributed by atoms with Crippen LogP contribution in [0.3, 0.4) is 0 Å². The summed E-state index contributed by atoms with van der Waals surface area (Å²) in [5.74, 6) is -0.363. The minimum atomic E-state index is -3.98. The molecule has 0 bridgehead atoms. The first-order chi connectivity index (χ1) is 15.0. The number of para-hydroxylation sites is 1. The molecule has 2 aliphatic heterocycles. The van der Waals surface area contributed by atoms with E-state index in [4.69, 9.17) is 4.94 Å². The third-order valence-corrected chi connectivity index (χ3v) is 6.34. The first kappa shape index (κ1) is 20.7. The molecule has 8 nitrogen and oxygen atoms in total. The van der Waals surface area contributed by atoms with Crippen LogP contribution < -0.4 is 15.5 Å². The second-order valence-corrected chi connectivity index (χ2v) is 8.58. The van der Waals surface area contributed by atoms with E-state index in [2.05, 4.69) is 15.5 Å². The van der Waals surface area contributed by atoms with Crippen molar-refractivity contribution in [2.24, 2.45) is 0 Å². The normalized spacial score (nSPS) is 16.0. The lowest BCUT2D eigenvalue weighted by atomic mass is 10.0. The molecule has 160 valence electrons. The third kappa shape index (κ3) is 4.32. The molecule has 0 aromatic heterocycles. The topological polar surface area (TPSA) is 99.8 Å². The zero-order valence-electron chi connectivity index (χ0n) is 16.8. The van der Waals surface area contributed by atoms with Crippen molar-refractivity contribution in [1.29, 1.82) is 0 Å². The number of amides is 1. The molecule has 2 heterocycles. The number of anilines is 1. The van der Waals surface area contributed by atoms with Crippen molar-refractivity contribution in [3.05, 3.63) is 101 Å². The first-order valence-electron chi connectivity index (χ1n) is 9.78.